The third-order valence-electron chi connectivity index (χ3n) is 3.32. The van der Waals surface area contributed by atoms with Crippen molar-refractivity contribution in [3.05, 3.63) is 0 Å². The van der Waals surface area contributed by atoms with Crippen LogP contribution in [0, 0.1) is 5.92 Å². The summed E-state index contributed by atoms with van der Waals surface area (Å²) < 4.78 is 0. The van der Waals surface area contributed by atoms with Crippen LogP contribution >= 0.6 is 0 Å². The Balaban J connectivity index is 4.22. The molecular formula is C12H28N2. The van der Waals surface area contributed by atoms with Crippen LogP contribution in [0.5, 0.6) is 0 Å². The lowest BCUT2D eigenvalue weighted by atomic mass is 9.95. The largest absolute Gasteiger partial charge is 0.329 e. The van der Waals surface area contributed by atoms with Crippen molar-refractivity contribution in [1.29, 1.82) is 0 Å². The van der Waals surface area contributed by atoms with E-state index in [9.17, 15) is 0 Å². The van der Waals surface area contributed by atoms with E-state index in [0.717, 1.165) is 25.4 Å². The topological polar surface area (TPSA) is 29.3 Å². The lowest BCUT2D eigenvalue weighted by molar-refractivity contribution is 0.106. The lowest BCUT2D eigenvalue weighted by Gasteiger charge is -2.40. The minimum absolute atomic E-state index is 0.198. The van der Waals surface area contributed by atoms with E-state index in [-0.39, 0.29) is 5.54 Å². The van der Waals surface area contributed by atoms with Gasteiger partial charge >= 0.3 is 0 Å². The average Bonchev–Trinajstić information content (AvgIpc) is 2.17. The number of rotatable bonds is 7. The Morgan fingerprint density at radius 2 is 1.86 bits per heavy atom. The van der Waals surface area contributed by atoms with Gasteiger partial charge in [0.2, 0.25) is 0 Å². The van der Waals surface area contributed by atoms with E-state index in [1.54, 1.807) is 0 Å². The first-order chi connectivity index (χ1) is 6.50. The van der Waals surface area contributed by atoms with Gasteiger partial charge in [0.05, 0.1) is 0 Å². The molecule has 0 heterocycles. The maximum atomic E-state index is 5.86. The van der Waals surface area contributed by atoms with Gasteiger partial charge in [-0.3, -0.25) is 4.90 Å². The molecule has 0 radical (unpaired) electrons. The van der Waals surface area contributed by atoms with Crippen LogP contribution in [0.2, 0.25) is 0 Å². The highest BCUT2D eigenvalue weighted by Crippen LogP contribution is 2.18. The van der Waals surface area contributed by atoms with E-state index in [0.29, 0.717) is 0 Å². The van der Waals surface area contributed by atoms with Gasteiger partial charge in [-0.25, -0.2) is 0 Å². The Hall–Kier alpha value is -0.0800. The van der Waals surface area contributed by atoms with Gasteiger partial charge in [0, 0.05) is 12.1 Å². The number of likely N-dealkylation sites (N-methyl/N-ethyl adjacent to an activating group) is 1. The monoisotopic (exact) mass is 200 g/mol. The molecule has 0 aromatic rings. The molecule has 0 saturated carbocycles. The van der Waals surface area contributed by atoms with Crippen molar-refractivity contribution in [1.82, 2.24) is 4.90 Å². The molecule has 0 bridgehead atoms. The van der Waals surface area contributed by atoms with Gasteiger partial charge in [-0.1, -0.05) is 27.7 Å². The molecule has 0 aliphatic heterocycles. The molecule has 0 amide bonds. The molecule has 0 aliphatic carbocycles. The molecule has 1 atom stereocenters. The van der Waals surface area contributed by atoms with E-state index in [4.69, 9.17) is 5.73 Å². The predicted molar refractivity (Wildman–Crippen MR) is 64.5 cm³/mol. The van der Waals surface area contributed by atoms with Crippen molar-refractivity contribution in [2.24, 2.45) is 11.7 Å². The molecule has 0 saturated heterocycles. The highest BCUT2D eigenvalue weighted by molar-refractivity contribution is 4.85. The molecular weight excluding hydrogens is 172 g/mol. The first kappa shape index (κ1) is 13.9. The van der Waals surface area contributed by atoms with Gasteiger partial charge in [-0.2, -0.15) is 0 Å². The highest BCUT2D eigenvalue weighted by atomic mass is 15.2. The zero-order valence-electron chi connectivity index (χ0n) is 10.6. The third-order valence-corrected chi connectivity index (χ3v) is 3.32. The summed E-state index contributed by atoms with van der Waals surface area (Å²) in [4.78, 5) is 2.52. The van der Waals surface area contributed by atoms with Crippen LogP contribution in [0.15, 0.2) is 0 Å². The molecule has 2 nitrogen and oxygen atoms in total. The minimum Gasteiger partial charge on any atom is -0.329 e. The Morgan fingerprint density at radius 1 is 1.29 bits per heavy atom. The number of hydrogen-bond donors (Lipinski definition) is 1. The van der Waals surface area contributed by atoms with Crippen LogP contribution in [-0.2, 0) is 0 Å². The van der Waals surface area contributed by atoms with Gasteiger partial charge in [0.25, 0.3) is 0 Å². The standard InChI is InChI=1S/C12H28N2/c1-6-12(5,10-13)14(7-2)9-8-11(3)4/h11H,6-10,13H2,1-5H3. The summed E-state index contributed by atoms with van der Waals surface area (Å²) >= 11 is 0. The average molecular weight is 200 g/mol. The summed E-state index contributed by atoms with van der Waals surface area (Å²) in [6, 6.07) is 0. The number of nitrogens with zero attached hydrogens (tertiary/aromatic N) is 1. The summed E-state index contributed by atoms with van der Waals surface area (Å²) in [5, 5.41) is 0. The van der Waals surface area contributed by atoms with Gasteiger partial charge in [-0.05, 0) is 38.8 Å². The molecule has 0 aliphatic rings. The van der Waals surface area contributed by atoms with Crippen molar-refractivity contribution in [3.63, 3.8) is 0 Å². The Kier molecular flexibility index (Phi) is 6.38. The fraction of sp³-hybridized carbons (Fsp3) is 1.00. The second kappa shape index (κ2) is 6.41. The fourth-order valence-electron chi connectivity index (χ4n) is 1.72. The summed E-state index contributed by atoms with van der Waals surface area (Å²) in [6.07, 6.45) is 2.40. The van der Waals surface area contributed by atoms with Crippen LogP contribution in [0.4, 0.5) is 0 Å². The van der Waals surface area contributed by atoms with Crippen molar-refractivity contribution < 1.29 is 0 Å². The SMILES string of the molecule is CCN(CCC(C)C)C(C)(CC)CN. The second-order valence-corrected chi connectivity index (χ2v) is 4.82. The molecule has 14 heavy (non-hydrogen) atoms. The van der Waals surface area contributed by atoms with Crippen LogP contribution in [0.25, 0.3) is 0 Å². The molecule has 86 valence electrons. The van der Waals surface area contributed by atoms with Crippen molar-refractivity contribution in [2.45, 2.75) is 53.0 Å². The predicted octanol–water partition coefficient (Wildman–Crippen LogP) is 2.48. The molecule has 0 fully saturated rings. The molecule has 0 aromatic carbocycles. The van der Waals surface area contributed by atoms with E-state index in [1.165, 1.54) is 13.0 Å². The summed E-state index contributed by atoms with van der Waals surface area (Å²) in [5.41, 5.74) is 6.06. The fourth-order valence-corrected chi connectivity index (χ4v) is 1.72. The van der Waals surface area contributed by atoms with E-state index in [1.807, 2.05) is 0 Å². The zero-order chi connectivity index (χ0) is 11.2. The Labute approximate surface area is 89.9 Å². The van der Waals surface area contributed by atoms with Gasteiger partial charge in [0.15, 0.2) is 0 Å². The molecule has 0 rings (SSSR count). The molecule has 2 heteroatoms. The van der Waals surface area contributed by atoms with E-state index in [2.05, 4.69) is 39.5 Å². The number of nitrogens with two attached hydrogens (primary N) is 1. The van der Waals surface area contributed by atoms with Gasteiger partial charge in [-0.15, -0.1) is 0 Å². The van der Waals surface area contributed by atoms with E-state index >= 15 is 0 Å². The summed E-state index contributed by atoms with van der Waals surface area (Å²) in [7, 11) is 0. The first-order valence-corrected chi connectivity index (χ1v) is 5.95. The van der Waals surface area contributed by atoms with Crippen molar-refractivity contribution >= 4 is 0 Å². The highest BCUT2D eigenvalue weighted by Gasteiger charge is 2.26. The Bertz CT molecular complexity index is 139. The lowest BCUT2D eigenvalue weighted by Crippen LogP contribution is -2.51. The first-order valence-electron chi connectivity index (χ1n) is 5.95. The summed E-state index contributed by atoms with van der Waals surface area (Å²) in [6.45, 7) is 14.3. The smallest absolute Gasteiger partial charge is 0.0300 e. The Morgan fingerprint density at radius 3 is 2.14 bits per heavy atom. The maximum absolute atomic E-state index is 5.86. The van der Waals surface area contributed by atoms with Crippen LogP contribution < -0.4 is 5.73 Å². The maximum Gasteiger partial charge on any atom is 0.0300 e. The zero-order valence-corrected chi connectivity index (χ0v) is 10.6. The van der Waals surface area contributed by atoms with Crippen LogP contribution in [0.3, 0.4) is 0 Å². The van der Waals surface area contributed by atoms with Gasteiger partial charge < -0.3 is 5.73 Å². The minimum atomic E-state index is 0.198. The third kappa shape index (κ3) is 3.97. The van der Waals surface area contributed by atoms with Crippen molar-refractivity contribution in [3.8, 4) is 0 Å². The van der Waals surface area contributed by atoms with Gasteiger partial charge in [0.1, 0.15) is 0 Å². The van der Waals surface area contributed by atoms with Crippen molar-refractivity contribution in [2.75, 3.05) is 19.6 Å². The van der Waals surface area contributed by atoms with Crippen LogP contribution in [0.1, 0.15) is 47.5 Å². The summed E-state index contributed by atoms with van der Waals surface area (Å²) in [5.74, 6) is 0.780. The number of hydrogen-bond acceptors (Lipinski definition) is 2. The molecule has 0 aromatic heterocycles. The molecule has 1 unspecified atom stereocenters. The van der Waals surface area contributed by atoms with Crippen LogP contribution in [-0.4, -0.2) is 30.1 Å². The second-order valence-electron chi connectivity index (χ2n) is 4.82. The normalized spacial score (nSPS) is 16.3. The van der Waals surface area contributed by atoms with E-state index < -0.39 is 0 Å². The molecule has 2 N–H and O–H groups in total. The molecule has 0 spiro atoms. The quantitative estimate of drug-likeness (QED) is 0.684.